The molecule has 2 rings (SSSR count). The van der Waals surface area contributed by atoms with E-state index in [1.54, 1.807) is 0 Å². The second kappa shape index (κ2) is 3.37. The molecular formula is C10H18N4. The number of likely N-dealkylation sites (N-methyl/N-ethyl adjacent to an activating group) is 1. The third kappa shape index (κ3) is 1.55. The monoisotopic (exact) mass is 194 g/mol. The number of hydrogen-bond donors (Lipinski definition) is 1. The van der Waals surface area contributed by atoms with E-state index in [0.29, 0.717) is 5.92 Å². The van der Waals surface area contributed by atoms with E-state index in [9.17, 15) is 0 Å². The summed E-state index contributed by atoms with van der Waals surface area (Å²) in [5.74, 6) is 0.452. The zero-order chi connectivity index (χ0) is 10.3. The van der Waals surface area contributed by atoms with Crippen LogP contribution in [0.3, 0.4) is 0 Å². The summed E-state index contributed by atoms with van der Waals surface area (Å²) in [5.41, 5.74) is 8.52. The van der Waals surface area contributed by atoms with Crippen LogP contribution in [0.5, 0.6) is 0 Å². The largest absolute Gasteiger partial charge is 0.326 e. The van der Waals surface area contributed by atoms with E-state index >= 15 is 0 Å². The molecule has 2 atom stereocenters. The second-order valence-electron chi connectivity index (χ2n) is 4.34. The van der Waals surface area contributed by atoms with Gasteiger partial charge in [0.05, 0.1) is 5.69 Å². The van der Waals surface area contributed by atoms with Gasteiger partial charge in [-0.1, -0.05) is 0 Å². The van der Waals surface area contributed by atoms with E-state index in [1.807, 2.05) is 11.7 Å². The first kappa shape index (κ1) is 9.68. The van der Waals surface area contributed by atoms with E-state index in [1.165, 1.54) is 5.56 Å². The third-order valence-corrected chi connectivity index (χ3v) is 3.00. The minimum Gasteiger partial charge on any atom is -0.326 e. The molecule has 0 bridgehead atoms. The average Bonchev–Trinajstić information content (AvgIpc) is 2.55. The summed E-state index contributed by atoms with van der Waals surface area (Å²) in [6.45, 7) is 4.09. The van der Waals surface area contributed by atoms with E-state index in [-0.39, 0.29) is 6.04 Å². The lowest BCUT2D eigenvalue weighted by Crippen LogP contribution is -2.28. The van der Waals surface area contributed by atoms with Crippen molar-refractivity contribution in [2.45, 2.75) is 18.9 Å². The minimum absolute atomic E-state index is 0.253. The molecule has 1 saturated heterocycles. The van der Waals surface area contributed by atoms with Gasteiger partial charge >= 0.3 is 0 Å². The van der Waals surface area contributed by atoms with Crippen molar-refractivity contribution in [3.8, 4) is 0 Å². The Kier molecular flexibility index (Phi) is 2.33. The summed E-state index contributed by atoms with van der Waals surface area (Å²) in [4.78, 5) is 2.28. The summed E-state index contributed by atoms with van der Waals surface area (Å²) in [6.07, 6.45) is 2.10. The van der Waals surface area contributed by atoms with Gasteiger partial charge in [0.25, 0.3) is 0 Å². The highest BCUT2D eigenvalue weighted by atomic mass is 15.3. The zero-order valence-electron chi connectivity index (χ0n) is 9.07. The maximum atomic E-state index is 6.10. The summed E-state index contributed by atoms with van der Waals surface area (Å²) < 4.78 is 1.87. The first-order valence-corrected chi connectivity index (χ1v) is 5.02. The highest BCUT2D eigenvalue weighted by Gasteiger charge is 2.31. The topological polar surface area (TPSA) is 47.1 Å². The second-order valence-corrected chi connectivity index (χ2v) is 4.34. The van der Waals surface area contributed by atoms with Crippen LogP contribution in [0.2, 0.25) is 0 Å². The average molecular weight is 194 g/mol. The van der Waals surface area contributed by atoms with Crippen molar-refractivity contribution >= 4 is 0 Å². The number of hydrogen-bond acceptors (Lipinski definition) is 3. The van der Waals surface area contributed by atoms with Gasteiger partial charge in [-0.15, -0.1) is 0 Å². The van der Waals surface area contributed by atoms with Crippen molar-refractivity contribution in [1.82, 2.24) is 14.7 Å². The van der Waals surface area contributed by atoms with Gasteiger partial charge in [0, 0.05) is 38.3 Å². The first-order valence-electron chi connectivity index (χ1n) is 5.02. The summed E-state index contributed by atoms with van der Waals surface area (Å²) in [7, 11) is 4.08. The first-order chi connectivity index (χ1) is 6.58. The molecule has 2 heterocycles. The highest BCUT2D eigenvalue weighted by Crippen LogP contribution is 2.27. The van der Waals surface area contributed by atoms with Gasteiger partial charge in [-0.25, -0.2) is 0 Å². The van der Waals surface area contributed by atoms with Crippen LogP contribution in [0.15, 0.2) is 6.20 Å². The van der Waals surface area contributed by atoms with Crippen molar-refractivity contribution in [1.29, 1.82) is 0 Å². The van der Waals surface area contributed by atoms with Crippen molar-refractivity contribution in [2.24, 2.45) is 12.8 Å². The number of aryl methyl sites for hydroxylation is 2. The molecule has 4 heteroatoms. The Balaban J connectivity index is 2.26. The molecule has 4 nitrogen and oxygen atoms in total. The number of rotatable bonds is 1. The van der Waals surface area contributed by atoms with Gasteiger partial charge in [-0.05, 0) is 19.5 Å². The van der Waals surface area contributed by atoms with Crippen molar-refractivity contribution in [3.63, 3.8) is 0 Å². The fourth-order valence-electron chi connectivity index (χ4n) is 2.34. The van der Waals surface area contributed by atoms with Crippen molar-refractivity contribution in [2.75, 3.05) is 20.1 Å². The molecule has 0 spiro atoms. The molecule has 0 aliphatic carbocycles. The van der Waals surface area contributed by atoms with Crippen LogP contribution in [0.1, 0.15) is 17.2 Å². The van der Waals surface area contributed by atoms with Crippen LogP contribution in [-0.2, 0) is 7.05 Å². The van der Waals surface area contributed by atoms with Gasteiger partial charge < -0.3 is 10.6 Å². The maximum Gasteiger partial charge on any atom is 0.0629 e. The predicted octanol–water partition coefficient (Wildman–Crippen LogP) is 0.0848. The van der Waals surface area contributed by atoms with E-state index < -0.39 is 0 Å². The molecule has 0 unspecified atom stereocenters. The fraction of sp³-hybridized carbons (Fsp3) is 0.700. The van der Waals surface area contributed by atoms with Gasteiger partial charge in [0.2, 0.25) is 0 Å². The molecule has 0 saturated carbocycles. The molecule has 2 N–H and O–H groups in total. The van der Waals surface area contributed by atoms with Crippen LogP contribution in [-0.4, -0.2) is 40.9 Å². The van der Waals surface area contributed by atoms with Gasteiger partial charge in [-0.3, -0.25) is 4.68 Å². The lowest BCUT2D eigenvalue weighted by atomic mass is 9.96. The van der Waals surface area contributed by atoms with Crippen LogP contribution in [0, 0.1) is 6.92 Å². The Morgan fingerprint density at radius 1 is 1.43 bits per heavy atom. The molecule has 0 radical (unpaired) electrons. The van der Waals surface area contributed by atoms with Gasteiger partial charge in [0.1, 0.15) is 0 Å². The Morgan fingerprint density at radius 3 is 2.57 bits per heavy atom. The van der Waals surface area contributed by atoms with E-state index in [0.717, 1.165) is 18.8 Å². The van der Waals surface area contributed by atoms with Gasteiger partial charge in [0.15, 0.2) is 0 Å². The maximum absolute atomic E-state index is 6.10. The Morgan fingerprint density at radius 2 is 2.14 bits per heavy atom. The summed E-state index contributed by atoms with van der Waals surface area (Å²) in [5, 5.41) is 4.36. The normalized spacial score (nSPS) is 28.6. The minimum atomic E-state index is 0.253. The molecular weight excluding hydrogens is 176 g/mol. The standard InChI is InChI=1S/C10H18N4/c1-7-8(5-14(3)12-7)9-4-13(2)6-10(9)11/h5,9-10H,4,6,11H2,1-3H3/t9-,10+/m0/s1. The number of nitrogens with zero attached hydrogens (tertiary/aromatic N) is 3. The molecule has 0 aromatic carbocycles. The molecule has 1 aromatic heterocycles. The van der Waals surface area contributed by atoms with Crippen LogP contribution >= 0.6 is 0 Å². The van der Waals surface area contributed by atoms with Crippen molar-refractivity contribution < 1.29 is 0 Å². The Bertz CT molecular complexity index is 331. The fourth-order valence-corrected chi connectivity index (χ4v) is 2.34. The predicted molar refractivity (Wildman–Crippen MR) is 56.2 cm³/mol. The Labute approximate surface area is 84.7 Å². The van der Waals surface area contributed by atoms with Crippen molar-refractivity contribution in [3.05, 3.63) is 17.5 Å². The molecule has 1 fully saturated rings. The van der Waals surface area contributed by atoms with Crippen LogP contribution in [0.4, 0.5) is 0 Å². The van der Waals surface area contributed by atoms with Crippen LogP contribution in [0.25, 0.3) is 0 Å². The van der Waals surface area contributed by atoms with E-state index in [4.69, 9.17) is 5.73 Å². The van der Waals surface area contributed by atoms with Gasteiger partial charge in [-0.2, -0.15) is 5.10 Å². The number of nitrogens with two attached hydrogens (primary N) is 1. The smallest absolute Gasteiger partial charge is 0.0629 e. The van der Waals surface area contributed by atoms with E-state index in [2.05, 4.69) is 30.2 Å². The quantitative estimate of drug-likeness (QED) is 0.689. The lowest BCUT2D eigenvalue weighted by molar-refractivity contribution is 0.407. The molecule has 1 aliphatic rings. The van der Waals surface area contributed by atoms with Crippen LogP contribution < -0.4 is 5.73 Å². The Hall–Kier alpha value is -0.870. The third-order valence-electron chi connectivity index (χ3n) is 3.00. The zero-order valence-corrected chi connectivity index (χ0v) is 9.07. The SMILES string of the molecule is Cc1nn(C)cc1[C@@H]1CN(C)C[C@H]1N. The number of aromatic nitrogens is 2. The lowest BCUT2D eigenvalue weighted by Gasteiger charge is -2.12. The molecule has 14 heavy (non-hydrogen) atoms. The molecule has 0 amide bonds. The molecule has 78 valence electrons. The highest BCUT2D eigenvalue weighted by molar-refractivity contribution is 5.24. The number of likely N-dealkylation sites (tertiary alicyclic amines) is 1. The summed E-state index contributed by atoms with van der Waals surface area (Å²) >= 11 is 0. The molecule has 1 aliphatic heterocycles. The molecule has 1 aromatic rings. The summed E-state index contributed by atoms with van der Waals surface area (Å²) in [6, 6.07) is 0.253.